The summed E-state index contributed by atoms with van der Waals surface area (Å²) < 4.78 is 33.6. The van der Waals surface area contributed by atoms with E-state index in [0.29, 0.717) is 0 Å². The summed E-state index contributed by atoms with van der Waals surface area (Å²) in [6.07, 6.45) is 0.260. The Bertz CT molecular complexity index is 875. The van der Waals surface area contributed by atoms with Crippen molar-refractivity contribution in [2.24, 2.45) is 0 Å². The minimum absolute atomic E-state index is 0.0693. The van der Waals surface area contributed by atoms with Crippen molar-refractivity contribution in [2.75, 3.05) is 6.61 Å². The quantitative estimate of drug-likeness (QED) is 0.882. The second kappa shape index (κ2) is 5.33. The smallest absolute Gasteiger partial charge is 0.343 e. The molecule has 0 amide bonds. The Balaban J connectivity index is 2.40. The average Bonchev–Trinajstić information content (AvgIpc) is 3.21. The van der Waals surface area contributed by atoms with E-state index in [1.165, 1.54) is 17.7 Å². The third-order valence-electron chi connectivity index (χ3n) is 4.00. The number of fused-ring (bicyclic) bond motifs is 1. The van der Waals surface area contributed by atoms with Crippen LogP contribution < -0.4 is 5.43 Å². The maximum atomic E-state index is 13.9. The molecule has 0 bridgehead atoms. The van der Waals surface area contributed by atoms with E-state index in [9.17, 15) is 23.5 Å². The maximum Gasteiger partial charge on any atom is 0.343 e. The molecule has 23 heavy (non-hydrogen) atoms. The molecule has 1 heterocycles. The molecule has 5 nitrogen and oxygen atoms in total. The number of esters is 1. The van der Waals surface area contributed by atoms with Gasteiger partial charge >= 0.3 is 5.97 Å². The van der Waals surface area contributed by atoms with Gasteiger partial charge < -0.3 is 14.4 Å². The number of pyridine rings is 1. The fourth-order valence-corrected chi connectivity index (χ4v) is 2.72. The molecule has 1 fully saturated rings. The lowest BCUT2D eigenvalue weighted by Crippen LogP contribution is -2.21. The van der Waals surface area contributed by atoms with Crippen molar-refractivity contribution in [1.29, 1.82) is 0 Å². The summed E-state index contributed by atoms with van der Waals surface area (Å²) in [7, 11) is 0. The van der Waals surface area contributed by atoms with Crippen LogP contribution in [0.4, 0.5) is 8.78 Å². The highest BCUT2D eigenvalue weighted by Gasteiger charge is 2.40. The number of hydrogen-bond donors (Lipinski definition) is 1. The highest BCUT2D eigenvalue weighted by atomic mass is 19.1. The molecule has 1 aromatic heterocycles. The van der Waals surface area contributed by atoms with Crippen molar-refractivity contribution < 1.29 is 23.4 Å². The molecular formula is C16H15F2NO4. The number of carbonyl (C=O) groups is 1. The van der Waals surface area contributed by atoms with Crippen LogP contribution in [-0.4, -0.2) is 28.4 Å². The zero-order chi connectivity index (χ0) is 16.9. The van der Waals surface area contributed by atoms with Gasteiger partial charge in [-0.3, -0.25) is 4.79 Å². The first-order valence-corrected chi connectivity index (χ1v) is 7.24. The largest absolute Gasteiger partial charge is 0.507 e. The molecule has 122 valence electrons. The number of phenolic OH excluding ortho intramolecular Hbond substituents is 1. The predicted molar refractivity (Wildman–Crippen MR) is 79.1 cm³/mol. The summed E-state index contributed by atoms with van der Waals surface area (Å²) >= 11 is 0. The van der Waals surface area contributed by atoms with Gasteiger partial charge in [-0.05, 0) is 13.8 Å². The van der Waals surface area contributed by atoms with Gasteiger partial charge in [-0.25, -0.2) is 13.6 Å². The fourth-order valence-electron chi connectivity index (χ4n) is 2.72. The molecule has 1 N–H and O–H groups in total. The van der Waals surface area contributed by atoms with Crippen molar-refractivity contribution in [3.05, 3.63) is 39.4 Å². The Morgan fingerprint density at radius 3 is 2.74 bits per heavy atom. The molecule has 0 unspecified atom stereocenters. The van der Waals surface area contributed by atoms with Crippen LogP contribution in [0.2, 0.25) is 0 Å². The van der Waals surface area contributed by atoms with Crippen LogP contribution in [0, 0.1) is 12.7 Å². The Morgan fingerprint density at radius 2 is 2.17 bits per heavy atom. The SMILES string of the molecule is CCOC(=O)c1cn([C@@H]2C[C@@H]2F)c2c(C)c(F)cc(O)c2c1=O. The molecule has 1 aliphatic rings. The Kier molecular flexibility index (Phi) is 3.58. The summed E-state index contributed by atoms with van der Waals surface area (Å²) in [5, 5.41) is 9.79. The van der Waals surface area contributed by atoms with Crippen LogP contribution in [-0.2, 0) is 4.74 Å². The monoisotopic (exact) mass is 323 g/mol. The second-order valence-electron chi connectivity index (χ2n) is 5.54. The van der Waals surface area contributed by atoms with Crippen LogP contribution in [0.25, 0.3) is 10.9 Å². The van der Waals surface area contributed by atoms with Crippen LogP contribution in [0.1, 0.15) is 35.3 Å². The van der Waals surface area contributed by atoms with Gasteiger partial charge in [0.2, 0.25) is 5.43 Å². The molecular weight excluding hydrogens is 308 g/mol. The number of aryl methyl sites for hydroxylation is 1. The summed E-state index contributed by atoms with van der Waals surface area (Å²) in [5.74, 6) is -2.14. The highest BCUT2D eigenvalue weighted by molar-refractivity contribution is 5.96. The van der Waals surface area contributed by atoms with Gasteiger partial charge in [-0.2, -0.15) is 0 Å². The number of alkyl halides is 1. The van der Waals surface area contributed by atoms with Crippen molar-refractivity contribution in [3.8, 4) is 5.75 Å². The third kappa shape index (κ3) is 2.36. The van der Waals surface area contributed by atoms with Gasteiger partial charge in [-0.15, -0.1) is 0 Å². The maximum absolute atomic E-state index is 13.9. The lowest BCUT2D eigenvalue weighted by Gasteiger charge is -2.15. The summed E-state index contributed by atoms with van der Waals surface area (Å²) in [4.78, 5) is 24.5. The highest BCUT2D eigenvalue weighted by Crippen LogP contribution is 2.42. The number of rotatable bonds is 3. The number of aromatic hydroxyl groups is 1. The molecule has 1 aromatic carbocycles. The van der Waals surface area contributed by atoms with E-state index in [1.54, 1.807) is 6.92 Å². The van der Waals surface area contributed by atoms with E-state index in [0.717, 1.165) is 6.07 Å². The first-order valence-electron chi connectivity index (χ1n) is 7.24. The number of ether oxygens (including phenoxy) is 1. The van der Waals surface area contributed by atoms with Crippen molar-refractivity contribution in [3.63, 3.8) is 0 Å². The zero-order valence-corrected chi connectivity index (χ0v) is 12.6. The van der Waals surface area contributed by atoms with E-state index >= 15 is 0 Å². The fraction of sp³-hybridized carbons (Fsp3) is 0.375. The van der Waals surface area contributed by atoms with E-state index in [-0.39, 0.29) is 35.1 Å². The van der Waals surface area contributed by atoms with E-state index in [1.807, 2.05) is 0 Å². The number of hydrogen-bond acceptors (Lipinski definition) is 4. The zero-order valence-electron chi connectivity index (χ0n) is 12.6. The molecule has 2 atom stereocenters. The van der Waals surface area contributed by atoms with Gasteiger partial charge in [0.25, 0.3) is 0 Å². The number of nitrogens with zero attached hydrogens (tertiary/aromatic N) is 1. The second-order valence-corrected chi connectivity index (χ2v) is 5.54. The average molecular weight is 323 g/mol. The number of halogens is 2. The molecule has 1 aliphatic carbocycles. The lowest BCUT2D eigenvalue weighted by atomic mass is 10.1. The molecule has 0 spiro atoms. The molecule has 1 saturated carbocycles. The lowest BCUT2D eigenvalue weighted by molar-refractivity contribution is 0.0524. The van der Waals surface area contributed by atoms with Crippen LogP contribution in [0.15, 0.2) is 17.1 Å². The predicted octanol–water partition coefficient (Wildman–Crippen LogP) is 2.61. The van der Waals surface area contributed by atoms with E-state index in [4.69, 9.17) is 4.74 Å². The summed E-state index contributed by atoms with van der Waals surface area (Å²) in [5.41, 5.74) is -0.846. The third-order valence-corrected chi connectivity index (χ3v) is 4.00. The van der Waals surface area contributed by atoms with Crippen molar-refractivity contribution >= 4 is 16.9 Å². The first kappa shape index (κ1) is 15.5. The summed E-state index contributed by atoms with van der Waals surface area (Å²) in [6.45, 7) is 3.10. The number of carbonyl (C=O) groups excluding carboxylic acids is 1. The van der Waals surface area contributed by atoms with Gasteiger partial charge in [0.05, 0.1) is 23.6 Å². The Morgan fingerprint density at radius 1 is 1.52 bits per heavy atom. The van der Waals surface area contributed by atoms with E-state index in [2.05, 4.69) is 0 Å². The van der Waals surface area contributed by atoms with Gasteiger partial charge in [0.15, 0.2) is 0 Å². The molecule has 3 rings (SSSR count). The van der Waals surface area contributed by atoms with Gasteiger partial charge in [-0.1, -0.05) is 0 Å². The minimum atomic E-state index is -1.14. The number of benzene rings is 1. The molecule has 0 radical (unpaired) electrons. The molecule has 7 heteroatoms. The standard InChI is InChI=1S/C16H15F2NO4/c1-3-23-16(22)8-6-19(11-4-10(11)18)14-7(2)9(17)5-12(20)13(14)15(8)21/h5-6,10-11,20H,3-4H2,1-2H3/t10-,11+/m0/s1. The Hall–Kier alpha value is -2.44. The number of phenols is 1. The molecule has 0 saturated heterocycles. The van der Waals surface area contributed by atoms with Crippen LogP contribution in [0.5, 0.6) is 5.75 Å². The van der Waals surface area contributed by atoms with Gasteiger partial charge in [0.1, 0.15) is 23.3 Å². The summed E-state index contributed by atoms with van der Waals surface area (Å²) in [6, 6.07) is 0.226. The van der Waals surface area contributed by atoms with E-state index < -0.39 is 35.2 Å². The normalized spacial score (nSPS) is 19.8. The van der Waals surface area contributed by atoms with Gasteiger partial charge in [0, 0.05) is 24.2 Å². The molecule has 2 aromatic rings. The topological polar surface area (TPSA) is 68.5 Å². The first-order chi connectivity index (χ1) is 10.9. The minimum Gasteiger partial charge on any atom is -0.507 e. The Labute approximate surface area is 130 Å². The molecule has 0 aliphatic heterocycles. The van der Waals surface area contributed by atoms with Crippen LogP contribution in [0.3, 0.4) is 0 Å². The van der Waals surface area contributed by atoms with Crippen molar-refractivity contribution in [2.45, 2.75) is 32.5 Å². The van der Waals surface area contributed by atoms with Crippen LogP contribution >= 0.6 is 0 Å². The number of aromatic nitrogens is 1. The van der Waals surface area contributed by atoms with Crippen molar-refractivity contribution in [1.82, 2.24) is 4.57 Å².